The summed E-state index contributed by atoms with van der Waals surface area (Å²) in [6.45, 7) is 2.30. The van der Waals surface area contributed by atoms with Crippen LogP contribution in [-0.4, -0.2) is 22.6 Å². The number of aryl methyl sites for hydroxylation is 1. The van der Waals surface area contributed by atoms with Gasteiger partial charge in [0.25, 0.3) is 0 Å². The van der Waals surface area contributed by atoms with Crippen molar-refractivity contribution in [3.63, 3.8) is 0 Å². The van der Waals surface area contributed by atoms with E-state index in [1.54, 1.807) is 25.1 Å². The van der Waals surface area contributed by atoms with Crippen LogP contribution >= 0.6 is 0 Å². The van der Waals surface area contributed by atoms with Crippen molar-refractivity contribution in [1.29, 1.82) is 0 Å². The van der Waals surface area contributed by atoms with E-state index in [0.29, 0.717) is 43.1 Å². The molecule has 0 aliphatic carbocycles. The molecule has 0 saturated heterocycles. The molecule has 1 atom stereocenters. The van der Waals surface area contributed by atoms with Gasteiger partial charge in [-0.3, -0.25) is 4.79 Å². The Bertz CT molecular complexity index is 880. The summed E-state index contributed by atoms with van der Waals surface area (Å²) in [6, 6.07) is 16.2. The first-order valence-corrected chi connectivity index (χ1v) is 9.02. The van der Waals surface area contributed by atoms with E-state index in [9.17, 15) is 9.18 Å². The van der Waals surface area contributed by atoms with Crippen LogP contribution in [0.1, 0.15) is 24.8 Å². The number of aromatic nitrogens is 2. The highest BCUT2D eigenvalue weighted by atomic mass is 19.1. The first-order valence-electron chi connectivity index (χ1n) is 9.02. The highest BCUT2D eigenvalue weighted by Gasteiger charge is 2.15. The zero-order valence-corrected chi connectivity index (χ0v) is 15.2. The standard InChI is InChI=1S/C21H22FN3O2/c1-15(14-17-10-5-6-11-18(17)22)21(26)23-13-7-12-19-24-20(25-27-19)16-8-3-2-4-9-16/h2-6,8-11,15H,7,12-14H2,1H3,(H,23,26). The Morgan fingerprint density at radius 1 is 1.15 bits per heavy atom. The van der Waals surface area contributed by atoms with Crippen molar-refractivity contribution in [2.24, 2.45) is 5.92 Å². The second-order valence-corrected chi connectivity index (χ2v) is 6.47. The molecule has 6 heteroatoms. The van der Waals surface area contributed by atoms with Gasteiger partial charge in [0, 0.05) is 24.4 Å². The number of carbonyl (C=O) groups excluding carboxylic acids is 1. The van der Waals surface area contributed by atoms with Gasteiger partial charge in [0.1, 0.15) is 5.82 Å². The van der Waals surface area contributed by atoms with Crippen LogP contribution in [0.5, 0.6) is 0 Å². The van der Waals surface area contributed by atoms with Crippen LogP contribution in [0, 0.1) is 11.7 Å². The summed E-state index contributed by atoms with van der Waals surface area (Å²) < 4.78 is 18.9. The van der Waals surface area contributed by atoms with Crippen LogP contribution in [0.2, 0.25) is 0 Å². The maximum Gasteiger partial charge on any atom is 0.227 e. The van der Waals surface area contributed by atoms with Crippen LogP contribution in [0.4, 0.5) is 4.39 Å². The number of nitrogens with zero attached hydrogens (tertiary/aromatic N) is 2. The zero-order valence-electron chi connectivity index (χ0n) is 15.2. The third kappa shape index (κ3) is 5.23. The Morgan fingerprint density at radius 3 is 2.67 bits per heavy atom. The molecule has 0 spiro atoms. The van der Waals surface area contributed by atoms with E-state index in [-0.39, 0.29) is 17.6 Å². The molecule has 0 radical (unpaired) electrons. The Kier molecular flexibility index (Phi) is 6.30. The number of hydrogen-bond acceptors (Lipinski definition) is 4. The van der Waals surface area contributed by atoms with Crippen molar-refractivity contribution in [1.82, 2.24) is 15.5 Å². The number of hydrogen-bond donors (Lipinski definition) is 1. The van der Waals surface area contributed by atoms with Gasteiger partial charge in [-0.1, -0.05) is 60.6 Å². The van der Waals surface area contributed by atoms with Gasteiger partial charge < -0.3 is 9.84 Å². The van der Waals surface area contributed by atoms with Crippen molar-refractivity contribution in [3.8, 4) is 11.4 Å². The van der Waals surface area contributed by atoms with Crippen molar-refractivity contribution >= 4 is 5.91 Å². The van der Waals surface area contributed by atoms with Crippen molar-refractivity contribution in [2.45, 2.75) is 26.2 Å². The Hall–Kier alpha value is -3.02. The molecule has 1 amide bonds. The molecule has 2 aromatic carbocycles. The summed E-state index contributed by atoms with van der Waals surface area (Å²) in [5, 5.41) is 6.85. The highest BCUT2D eigenvalue weighted by molar-refractivity contribution is 5.78. The molecule has 0 saturated carbocycles. The predicted octanol–water partition coefficient (Wildman–Crippen LogP) is 3.80. The first-order chi connectivity index (χ1) is 13.1. The fraction of sp³-hybridized carbons (Fsp3) is 0.286. The lowest BCUT2D eigenvalue weighted by Gasteiger charge is -2.12. The van der Waals surface area contributed by atoms with E-state index < -0.39 is 0 Å². The fourth-order valence-electron chi connectivity index (χ4n) is 2.77. The minimum atomic E-state index is -0.296. The van der Waals surface area contributed by atoms with Crippen LogP contribution in [0.25, 0.3) is 11.4 Å². The monoisotopic (exact) mass is 367 g/mol. The van der Waals surface area contributed by atoms with Gasteiger partial charge in [-0.25, -0.2) is 4.39 Å². The fourth-order valence-corrected chi connectivity index (χ4v) is 2.77. The number of benzene rings is 2. The first kappa shape index (κ1) is 18.8. The third-order valence-electron chi connectivity index (χ3n) is 4.30. The molecule has 0 fully saturated rings. The molecule has 1 aromatic heterocycles. The van der Waals surface area contributed by atoms with Crippen LogP contribution in [0.15, 0.2) is 59.1 Å². The summed E-state index contributed by atoms with van der Waals surface area (Å²) in [4.78, 5) is 16.5. The van der Waals surface area contributed by atoms with E-state index in [0.717, 1.165) is 5.56 Å². The Morgan fingerprint density at radius 2 is 1.89 bits per heavy atom. The van der Waals surface area contributed by atoms with Gasteiger partial charge in [0.2, 0.25) is 17.6 Å². The van der Waals surface area contributed by atoms with E-state index in [4.69, 9.17) is 4.52 Å². The number of amides is 1. The van der Waals surface area contributed by atoms with Gasteiger partial charge in [-0.15, -0.1) is 0 Å². The van der Waals surface area contributed by atoms with Gasteiger partial charge in [0.05, 0.1) is 0 Å². The quantitative estimate of drug-likeness (QED) is 0.615. The van der Waals surface area contributed by atoms with Gasteiger partial charge in [-0.05, 0) is 24.5 Å². The molecule has 1 N–H and O–H groups in total. The number of nitrogens with one attached hydrogen (secondary N) is 1. The third-order valence-corrected chi connectivity index (χ3v) is 4.30. The molecule has 0 aliphatic rings. The summed E-state index contributed by atoms with van der Waals surface area (Å²) in [7, 11) is 0. The average molecular weight is 367 g/mol. The van der Waals surface area contributed by atoms with E-state index in [1.165, 1.54) is 6.07 Å². The lowest BCUT2D eigenvalue weighted by molar-refractivity contribution is -0.124. The van der Waals surface area contributed by atoms with Gasteiger partial charge in [0.15, 0.2) is 0 Å². The van der Waals surface area contributed by atoms with E-state index in [2.05, 4.69) is 15.5 Å². The van der Waals surface area contributed by atoms with Crippen molar-refractivity contribution in [3.05, 3.63) is 71.9 Å². The summed E-state index contributed by atoms with van der Waals surface area (Å²) in [5.74, 6) is 0.446. The Balaban J connectivity index is 1.41. The minimum Gasteiger partial charge on any atom is -0.356 e. The maximum atomic E-state index is 13.7. The van der Waals surface area contributed by atoms with Crippen LogP contribution < -0.4 is 5.32 Å². The molecular weight excluding hydrogens is 345 g/mol. The predicted molar refractivity (Wildman–Crippen MR) is 100 cm³/mol. The number of halogens is 1. The largest absolute Gasteiger partial charge is 0.356 e. The second-order valence-electron chi connectivity index (χ2n) is 6.47. The number of rotatable bonds is 8. The molecule has 0 bridgehead atoms. The maximum absolute atomic E-state index is 13.7. The van der Waals surface area contributed by atoms with Crippen molar-refractivity contribution in [2.75, 3.05) is 6.54 Å². The lowest BCUT2D eigenvalue weighted by Crippen LogP contribution is -2.31. The topological polar surface area (TPSA) is 68.0 Å². The molecule has 5 nitrogen and oxygen atoms in total. The normalized spacial score (nSPS) is 11.9. The summed E-state index contributed by atoms with van der Waals surface area (Å²) >= 11 is 0. The summed E-state index contributed by atoms with van der Waals surface area (Å²) in [5.41, 5.74) is 1.46. The van der Waals surface area contributed by atoms with Gasteiger partial charge in [-0.2, -0.15) is 4.98 Å². The number of carbonyl (C=O) groups is 1. The molecular formula is C21H22FN3O2. The van der Waals surface area contributed by atoms with E-state index in [1.807, 2.05) is 30.3 Å². The van der Waals surface area contributed by atoms with Crippen molar-refractivity contribution < 1.29 is 13.7 Å². The molecule has 140 valence electrons. The molecule has 3 rings (SSSR count). The zero-order chi connectivity index (χ0) is 19.1. The second kappa shape index (κ2) is 9.07. The van der Waals surface area contributed by atoms with Gasteiger partial charge >= 0.3 is 0 Å². The molecule has 1 heterocycles. The van der Waals surface area contributed by atoms with Crippen LogP contribution in [-0.2, 0) is 17.6 Å². The van der Waals surface area contributed by atoms with Crippen LogP contribution in [0.3, 0.4) is 0 Å². The highest BCUT2D eigenvalue weighted by Crippen LogP contribution is 2.15. The molecule has 3 aromatic rings. The molecule has 0 aliphatic heterocycles. The minimum absolute atomic E-state index is 0.0891. The lowest BCUT2D eigenvalue weighted by atomic mass is 10.00. The SMILES string of the molecule is CC(Cc1ccccc1F)C(=O)NCCCc1nc(-c2ccccc2)no1. The Labute approximate surface area is 157 Å². The molecule has 1 unspecified atom stereocenters. The smallest absolute Gasteiger partial charge is 0.227 e. The molecule has 27 heavy (non-hydrogen) atoms. The van der Waals surface area contributed by atoms with E-state index >= 15 is 0 Å². The average Bonchev–Trinajstić information content (AvgIpc) is 3.16. The summed E-state index contributed by atoms with van der Waals surface area (Å²) in [6.07, 6.45) is 1.65.